The fraction of sp³-hybridized carbons (Fsp3) is 0.294. The molecule has 0 saturated carbocycles. The molecule has 0 fully saturated rings. The lowest BCUT2D eigenvalue weighted by Crippen LogP contribution is -2.28. The molecule has 23 heavy (non-hydrogen) atoms. The molecule has 1 heterocycles. The molecule has 0 atom stereocenters. The molecule has 1 N–H and O–H groups in total. The second-order valence-electron chi connectivity index (χ2n) is 4.77. The molecule has 2 rings (SSSR count). The third kappa shape index (κ3) is 5.75. The molecule has 122 valence electrons. The van der Waals surface area contributed by atoms with Gasteiger partial charge >= 0.3 is 0 Å². The van der Waals surface area contributed by atoms with Gasteiger partial charge in [0.1, 0.15) is 18.1 Å². The maximum atomic E-state index is 11.8. The molecule has 5 nitrogen and oxygen atoms in total. The van der Waals surface area contributed by atoms with Crippen LogP contribution in [-0.2, 0) is 4.79 Å². The topological polar surface area (TPSA) is 64.6 Å². The van der Waals surface area contributed by atoms with E-state index in [2.05, 4.69) is 5.32 Å². The first-order valence-corrected chi connectivity index (χ1v) is 8.17. The van der Waals surface area contributed by atoms with Crippen LogP contribution in [0, 0.1) is 0 Å². The second-order valence-corrected chi connectivity index (χ2v) is 5.72. The lowest BCUT2D eigenvalue weighted by atomic mass is 10.2. The Labute approximate surface area is 139 Å². The number of hydrogen-bond donors (Lipinski definition) is 1. The molecule has 0 saturated heterocycles. The van der Waals surface area contributed by atoms with Crippen LogP contribution in [0.15, 0.2) is 41.8 Å². The first kappa shape index (κ1) is 17.0. The molecule has 0 unspecified atom stereocenters. The Kier molecular flexibility index (Phi) is 6.62. The zero-order valence-electron chi connectivity index (χ0n) is 12.9. The van der Waals surface area contributed by atoms with Gasteiger partial charge < -0.3 is 14.8 Å². The first-order chi connectivity index (χ1) is 11.2. The number of methoxy groups -OCH3 is 1. The van der Waals surface area contributed by atoms with E-state index in [1.807, 2.05) is 23.6 Å². The summed E-state index contributed by atoms with van der Waals surface area (Å²) in [5, 5.41) is 4.59. The SMILES string of the molecule is COc1ccc(OCCNC(=O)CCC(=O)c2cccs2)cc1. The molecule has 0 bridgehead atoms. The number of Topliss-reactive ketones (excluding diaryl/α,β-unsaturated/α-hetero) is 1. The number of rotatable bonds is 9. The molecule has 1 aromatic heterocycles. The highest BCUT2D eigenvalue weighted by molar-refractivity contribution is 7.12. The van der Waals surface area contributed by atoms with E-state index in [1.54, 1.807) is 25.3 Å². The van der Waals surface area contributed by atoms with Gasteiger partial charge in [-0.1, -0.05) is 6.07 Å². The van der Waals surface area contributed by atoms with Gasteiger partial charge in [-0.3, -0.25) is 9.59 Å². The summed E-state index contributed by atoms with van der Waals surface area (Å²) in [5.41, 5.74) is 0. The third-order valence-corrected chi connectivity index (χ3v) is 4.04. The van der Waals surface area contributed by atoms with Crippen LogP contribution in [0.1, 0.15) is 22.5 Å². The third-order valence-electron chi connectivity index (χ3n) is 3.13. The second kappa shape index (κ2) is 8.95. The number of amides is 1. The zero-order valence-corrected chi connectivity index (χ0v) is 13.7. The highest BCUT2D eigenvalue weighted by Crippen LogP contribution is 2.16. The van der Waals surface area contributed by atoms with Crippen LogP contribution in [0.2, 0.25) is 0 Å². The highest BCUT2D eigenvalue weighted by Gasteiger charge is 2.09. The minimum Gasteiger partial charge on any atom is -0.497 e. The van der Waals surface area contributed by atoms with Gasteiger partial charge in [-0.2, -0.15) is 0 Å². The predicted octanol–water partition coefficient (Wildman–Crippen LogP) is 2.91. The maximum Gasteiger partial charge on any atom is 0.220 e. The summed E-state index contributed by atoms with van der Waals surface area (Å²) in [6.07, 6.45) is 0.422. The Balaban J connectivity index is 1.60. The van der Waals surface area contributed by atoms with Crippen LogP contribution in [-0.4, -0.2) is 32.0 Å². The molecule has 0 aliphatic heterocycles. The molecule has 1 amide bonds. The van der Waals surface area contributed by atoms with Gasteiger partial charge in [0, 0.05) is 12.8 Å². The van der Waals surface area contributed by atoms with E-state index >= 15 is 0 Å². The summed E-state index contributed by atoms with van der Waals surface area (Å²) in [5.74, 6) is 1.34. The smallest absolute Gasteiger partial charge is 0.220 e. The number of nitrogens with one attached hydrogen (secondary N) is 1. The molecule has 6 heteroatoms. The number of hydrogen-bond acceptors (Lipinski definition) is 5. The van der Waals surface area contributed by atoms with Crippen molar-refractivity contribution < 1.29 is 19.1 Å². The summed E-state index contributed by atoms with van der Waals surface area (Å²) in [6, 6.07) is 10.8. The van der Waals surface area contributed by atoms with E-state index in [0.29, 0.717) is 23.8 Å². The van der Waals surface area contributed by atoms with Crippen molar-refractivity contribution >= 4 is 23.0 Å². The fourth-order valence-electron chi connectivity index (χ4n) is 1.91. The maximum absolute atomic E-state index is 11.8. The number of carbonyl (C=O) groups excluding carboxylic acids is 2. The molecule has 1 aromatic carbocycles. The van der Waals surface area contributed by atoms with Crippen LogP contribution >= 0.6 is 11.3 Å². The van der Waals surface area contributed by atoms with E-state index in [-0.39, 0.29) is 24.5 Å². The minimum absolute atomic E-state index is 0.00429. The largest absolute Gasteiger partial charge is 0.497 e. The van der Waals surface area contributed by atoms with Gasteiger partial charge in [0.15, 0.2) is 5.78 Å². The lowest BCUT2D eigenvalue weighted by molar-refractivity contribution is -0.121. The minimum atomic E-state index is -0.145. The van der Waals surface area contributed by atoms with E-state index in [4.69, 9.17) is 9.47 Å². The summed E-state index contributed by atoms with van der Waals surface area (Å²) >= 11 is 1.39. The van der Waals surface area contributed by atoms with Gasteiger partial charge in [0.05, 0.1) is 18.5 Å². The van der Waals surface area contributed by atoms with E-state index in [0.717, 1.165) is 5.75 Å². The van der Waals surface area contributed by atoms with E-state index in [1.165, 1.54) is 11.3 Å². The molecular formula is C17H19NO4S. The Bertz CT molecular complexity index is 623. The van der Waals surface area contributed by atoms with Crippen LogP contribution in [0.4, 0.5) is 0 Å². The molecular weight excluding hydrogens is 314 g/mol. The number of ether oxygens (including phenoxy) is 2. The Morgan fingerprint density at radius 1 is 1.09 bits per heavy atom. The van der Waals surface area contributed by atoms with Gasteiger partial charge in [-0.25, -0.2) is 0 Å². The normalized spacial score (nSPS) is 10.1. The number of carbonyl (C=O) groups is 2. The Morgan fingerprint density at radius 3 is 2.48 bits per heavy atom. The van der Waals surface area contributed by atoms with Gasteiger partial charge in [0.25, 0.3) is 0 Å². The van der Waals surface area contributed by atoms with Gasteiger partial charge in [0.2, 0.25) is 5.91 Å². The van der Waals surface area contributed by atoms with Crippen LogP contribution in [0.3, 0.4) is 0 Å². The van der Waals surface area contributed by atoms with Crippen LogP contribution < -0.4 is 14.8 Å². The van der Waals surface area contributed by atoms with E-state index < -0.39 is 0 Å². The lowest BCUT2D eigenvalue weighted by Gasteiger charge is -2.08. The fourth-order valence-corrected chi connectivity index (χ4v) is 2.60. The predicted molar refractivity (Wildman–Crippen MR) is 89.4 cm³/mol. The van der Waals surface area contributed by atoms with Gasteiger partial charge in [-0.05, 0) is 35.7 Å². The molecule has 0 aliphatic rings. The van der Waals surface area contributed by atoms with Crippen molar-refractivity contribution in [3.63, 3.8) is 0 Å². The van der Waals surface area contributed by atoms with Crippen molar-refractivity contribution in [1.82, 2.24) is 5.32 Å². The zero-order chi connectivity index (χ0) is 16.5. The molecule has 2 aromatic rings. The summed E-state index contributed by atoms with van der Waals surface area (Å²) in [4.78, 5) is 24.1. The molecule has 0 radical (unpaired) electrons. The number of benzene rings is 1. The standard InChI is InChI=1S/C17H19NO4S/c1-21-13-4-6-14(7-5-13)22-11-10-18-17(20)9-8-15(19)16-3-2-12-23-16/h2-7,12H,8-11H2,1H3,(H,18,20). The Morgan fingerprint density at radius 2 is 1.83 bits per heavy atom. The van der Waals surface area contributed by atoms with Crippen molar-refractivity contribution in [2.24, 2.45) is 0 Å². The highest BCUT2D eigenvalue weighted by atomic mass is 32.1. The molecule has 0 spiro atoms. The first-order valence-electron chi connectivity index (χ1n) is 7.29. The number of thiophene rings is 1. The van der Waals surface area contributed by atoms with Crippen molar-refractivity contribution in [3.8, 4) is 11.5 Å². The van der Waals surface area contributed by atoms with Crippen molar-refractivity contribution in [3.05, 3.63) is 46.7 Å². The Hall–Kier alpha value is -2.34. The van der Waals surface area contributed by atoms with E-state index in [9.17, 15) is 9.59 Å². The van der Waals surface area contributed by atoms with Crippen LogP contribution in [0.25, 0.3) is 0 Å². The quantitative estimate of drug-likeness (QED) is 0.566. The summed E-state index contributed by atoms with van der Waals surface area (Å²) < 4.78 is 10.6. The average molecular weight is 333 g/mol. The van der Waals surface area contributed by atoms with Crippen LogP contribution in [0.5, 0.6) is 11.5 Å². The van der Waals surface area contributed by atoms with Crippen molar-refractivity contribution in [2.75, 3.05) is 20.3 Å². The van der Waals surface area contributed by atoms with Crippen molar-refractivity contribution in [1.29, 1.82) is 0 Å². The summed E-state index contributed by atoms with van der Waals surface area (Å²) in [7, 11) is 1.61. The molecule has 0 aliphatic carbocycles. The van der Waals surface area contributed by atoms with Gasteiger partial charge in [-0.15, -0.1) is 11.3 Å². The van der Waals surface area contributed by atoms with Crippen molar-refractivity contribution in [2.45, 2.75) is 12.8 Å². The summed E-state index contributed by atoms with van der Waals surface area (Å²) in [6.45, 7) is 0.773. The number of ketones is 1. The average Bonchev–Trinajstić information content (AvgIpc) is 3.12. The monoisotopic (exact) mass is 333 g/mol.